The fraction of sp³-hybridized carbons (Fsp3) is 0.148. The molecule has 0 spiro atoms. The standard InChI is InChI=1S/C27H20Cl4N2O5S/c1-2-37-19-7-5-18(6-8-19)32-24(34)13-33-26(35)23(39-27(33)36)11-15-9-21(30)25(22(31)10-15)38-14-16-3-4-17(28)12-20(16)29/h3-12H,2,13-14H2,1H3,(H,32,34)/b23-11+. The lowest BCUT2D eigenvalue weighted by atomic mass is 10.2. The fourth-order valence-corrected chi connectivity index (χ4v) is 5.44. The van der Waals surface area contributed by atoms with Crippen molar-refractivity contribution in [1.29, 1.82) is 0 Å². The first-order valence-electron chi connectivity index (χ1n) is 11.5. The molecule has 1 aliphatic heterocycles. The molecule has 1 N–H and O–H groups in total. The minimum absolute atomic E-state index is 0.104. The van der Waals surface area contributed by atoms with E-state index in [1.165, 1.54) is 6.08 Å². The SMILES string of the molecule is CCOc1ccc(NC(=O)CN2C(=O)S/C(=C/c3cc(Cl)c(OCc4ccc(Cl)cc4Cl)c(Cl)c3)C2=O)cc1. The second kappa shape index (κ2) is 13.0. The zero-order chi connectivity index (χ0) is 28.1. The van der Waals surface area contributed by atoms with E-state index in [4.69, 9.17) is 55.9 Å². The Balaban J connectivity index is 1.41. The number of carbonyl (C=O) groups excluding carboxylic acids is 3. The maximum absolute atomic E-state index is 12.9. The third-order valence-corrected chi connectivity index (χ3v) is 7.39. The number of hydrogen-bond donors (Lipinski definition) is 1. The van der Waals surface area contributed by atoms with Crippen LogP contribution in [0, 0.1) is 0 Å². The summed E-state index contributed by atoms with van der Waals surface area (Å²) in [5.74, 6) is -0.217. The van der Waals surface area contributed by atoms with Crippen molar-refractivity contribution in [2.45, 2.75) is 13.5 Å². The number of halogens is 4. The molecule has 1 heterocycles. The molecule has 0 aromatic heterocycles. The summed E-state index contributed by atoms with van der Waals surface area (Å²) >= 11 is 25.6. The highest BCUT2D eigenvalue weighted by Crippen LogP contribution is 2.38. The minimum atomic E-state index is -0.600. The number of imide groups is 1. The van der Waals surface area contributed by atoms with Gasteiger partial charge in [-0.2, -0.15) is 0 Å². The van der Waals surface area contributed by atoms with E-state index in [-0.39, 0.29) is 27.3 Å². The average molecular weight is 626 g/mol. The van der Waals surface area contributed by atoms with E-state index in [0.29, 0.717) is 39.2 Å². The van der Waals surface area contributed by atoms with Crippen LogP contribution in [0.1, 0.15) is 18.1 Å². The van der Waals surface area contributed by atoms with Gasteiger partial charge in [0.1, 0.15) is 18.9 Å². The van der Waals surface area contributed by atoms with Crippen LogP contribution >= 0.6 is 58.2 Å². The topological polar surface area (TPSA) is 84.9 Å². The zero-order valence-corrected chi connectivity index (χ0v) is 24.1. The summed E-state index contributed by atoms with van der Waals surface area (Å²) in [6.07, 6.45) is 1.48. The van der Waals surface area contributed by atoms with E-state index in [9.17, 15) is 14.4 Å². The second-order valence-corrected chi connectivity index (χ2v) is 10.8. The summed E-state index contributed by atoms with van der Waals surface area (Å²) < 4.78 is 11.1. The summed E-state index contributed by atoms with van der Waals surface area (Å²) in [7, 11) is 0. The van der Waals surface area contributed by atoms with Crippen LogP contribution < -0.4 is 14.8 Å². The number of ether oxygens (including phenoxy) is 2. The third-order valence-electron chi connectivity index (χ3n) is 5.33. The zero-order valence-electron chi connectivity index (χ0n) is 20.3. The number of amides is 3. The predicted molar refractivity (Wildman–Crippen MR) is 156 cm³/mol. The Morgan fingerprint density at radius 1 is 0.949 bits per heavy atom. The Hall–Kier alpha value is -2.88. The number of benzene rings is 3. The molecule has 0 radical (unpaired) electrons. The minimum Gasteiger partial charge on any atom is -0.494 e. The van der Waals surface area contributed by atoms with Gasteiger partial charge in [0.25, 0.3) is 11.1 Å². The Morgan fingerprint density at radius 3 is 2.28 bits per heavy atom. The van der Waals surface area contributed by atoms with Gasteiger partial charge in [-0.3, -0.25) is 19.3 Å². The van der Waals surface area contributed by atoms with E-state index < -0.39 is 23.6 Å². The van der Waals surface area contributed by atoms with Crippen molar-refractivity contribution in [2.24, 2.45) is 0 Å². The smallest absolute Gasteiger partial charge is 0.294 e. The summed E-state index contributed by atoms with van der Waals surface area (Å²) in [6.45, 7) is 2.06. The van der Waals surface area contributed by atoms with Gasteiger partial charge in [-0.05, 0) is 78.9 Å². The molecule has 1 saturated heterocycles. The number of anilines is 1. The summed E-state index contributed by atoms with van der Waals surface area (Å²) in [6, 6.07) is 14.9. The van der Waals surface area contributed by atoms with Crippen LogP contribution in [0.3, 0.4) is 0 Å². The predicted octanol–water partition coefficient (Wildman–Crippen LogP) is 7.95. The lowest BCUT2D eigenvalue weighted by Crippen LogP contribution is -2.36. The Kier molecular flexibility index (Phi) is 9.69. The third kappa shape index (κ3) is 7.41. The molecule has 3 aromatic rings. The highest BCUT2D eigenvalue weighted by Gasteiger charge is 2.36. The van der Waals surface area contributed by atoms with Gasteiger partial charge in [-0.15, -0.1) is 0 Å². The number of rotatable bonds is 9. The van der Waals surface area contributed by atoms with Crippen LogP contribution in [-0.2, 0) is 16.2 Å². The van der Waals surface area contributed by atoms with E-state index in [2.05, 4.69) is 5.32 Å². The van der Waals surface area contributed by atoms with Gasteiger partial charge in [-0.25, -0.2) is 0 Å². The van der Waals surface area contributed by atoms with Crippen LogP contribution in [0.25, 0.3) is 6.08 Å². The number of hydrogen-bond acceptors (Lipinski definition) is 6. The molecule has 1 aliphatic rings. The van der Waals surface area contributed by atoms with Crippen molar-refractivity contribution in [1.82, 2.24) is 4.90 Å². The Bertz CT molecular complexity index is 1440. The summed E-state index contributed by atoms with van der Waals surface area (Å²) in [4.78, 5) is 38.9. The van der Waals surface area contributed by atoms with E-state index >= 15 is 0 Å². The van der Waals surface area contributed by atoms with Gasteiger partial charge in [-0.1, -0.05) is 52.5 Å². The van der Waals surface area contributed by atoms with Crippen molar-refractivity contribution in [3.8, 4) is 11.5 Å². The normalized spacial score (nSPS) is 14.2. The van der Waals surface area contributed by atoms with Gasteiger partial charge in [0.2, 0.25) is 5.91 Å². The first kappa shape index (κ1) is 29.1. The number of nitrogens with zero attached hydrogens (tertiary/aromatic N) is 1. The van der Waals surface area contributed by atoms with Crippen LogP contribution in [0.4, 0.5) is 10.5 Å². The second-order valence-electron chi connectivity index (χ2n) is 8.11. The maximum atomic E-state index is 12.9. The van der Waals surface area contributed by atoms with Crippen LogP contribution in [0.2, 0.25) is 20.1 Å². The van der Waals surface area contributed by atoms with E-state index in [1.54, 1.807) is 54.6 Å². The molecular weight excluding hydrogens is 606 g/mol. The average Bonchev–Trinajstić information content (AvgIpc) is 3.13. The molecule has 12 heteroatoms. The first-order valence-corrected chi connectivity index (χ1v) is 13.8. The molecule has 0 unspecified atom stereocenters. The number of nitrogens with one attached hydrogen (secondary N) is 1. The van der Waals surface area contributed by atoms with Crippen LogP contribution in [0.15, 0.2) is 59.5 Å². The quantitative estimate of drug-likeness (QED) is 0.243. The molecule has 202 valence electrons. The fourth-order valence-electron chi connectivity index (χ4n) is 3.52. The molecule has 0 saturated carbocycles. The summed E-state index contributed by atoms with van der Waals surface area (Å²) in [5.41, 5.74) is 1.68. The molecule has 0 aliphatic carbocycles. The molecule has 3 aromatic carbocycles. The number of carbonyl (C=O) groups is 3. The molecule has 3 amide bonds. The molecule has 1 fully saturated rings. The molecule has 0 bridgehead atoms. The first-order chi connectivity index (χ1) is 18.6. The van der Waals surface area contributed by atoms with Crippen molar-refractivity contribution >= 4 is 87.0 Å². The van der Waals surface area contributed by atoms with Gasteiger partial charge >= 0.3 is 0 Å². The van der Waals surface area contributed by atoms with Crippen LogP contribution in [-0.4, -0.2) is 35.1 Å². The largest absolute Gasteiger partial charge is 0.494 e. The molecule has 4 rings (SSSR count). The monoisotopic (exact) mass is 624 g/mol. The van der Waals surface area contributed by atoms with Crippen LogP contribution in [0.5, 0.6) is 11.5 Å². The van der Waals surface area contributed by atoms with E-state index in [0.717, 1.165) is 16.7 Å². The van der Waals surface area contributed by atoms with Crippen molar-refractivity contribution < 1.29 is 23.9 Å². The van der Waals surface area contributed by atoms with Crippen molar-refractivity contribution in [2.75, 3.05) is 18.5 Å². The van der Waals surface area contributed by atoms with Gasteiger partial charge in [0.05, 0.1) is 21.6 Å². The van der Waals surface area contributed by atoms with Gasteiger partial charge in [0.15, 0.2) is 5.75 Å². The van der Waals surface area contributed by atoms with E-state index in [1.807, 2.05) is 6.92 Å². The Labute approximate surface area is 248 Å². The molecular formula is C27H20Cl4N2O5S. The van der Waals surface area contributed by atoms with Gasteiger partial charge in [0, 0.05) is 21.3 Å². The highest BCUT2D eigenvalue weighted by molar-refractivity contribution is 8.18. The van der Waals surface area contributed by atoms with Crippen molar-refractivity contribution in [3.63, 3.8) is 0 Å². The maximum Gasteiger partial charge on any atom is 0.294 e. The molecule has 0 atom stereocenters. The molecule has 39 heavy (non-hydrogen) atoms. The lowest BCUT2D eigenvalue weighted by Gasteiger charge is -2.13. The van der Waals surface area contributed by atoms with Crippen molar-refractivity contribution in [3.05, 3.63) is 90.7 Å². The molecule has 7 nitrogen and oxygen atoms in total. The lowest BCUT2D eigenvalue weighted by molar-refractivity contribution is -0.127. The highest BCUT2D eigenvalue weighted by atomic mass is 35.5. The summed E-state index contributed by atoms with van der Waals surface area (Å²) in [5, 5.41) is 3.44. The van der Waals surface area contributed by atoms with Gasteiger partial charge < -0.3 is 14.8 Å². The Morgan fingerprint density at radius 2 is 1.64 bits per heavy atom. The number of thioether (sulfide) groups is 1.